The molecule has 0 saturated heterocycles. The first kappa shape index (κ1) is 14.6. The van der Waals surface area contributed by atoms with E-state index in [4.69, 9.17) is 9.47 Å². The van der Waals surface area contributed by atoms with Gasteiger partial charge in [-0.1, -0.05) is 48.5 Å². The van der Waals surface area contributed by atoms with Crippen LogP contribution in [0.5, 0.6) is 5.75 Å². The summed E-state index contributed by atoms with van der Waals surface area (Å²) < 4.78 is 11.7. The first-order chi connectivity index (χ1) is 9.85. The van der Waals surface area contributed by atoms with E-state index in [2.05, 4.69) is 17.4 Å². The van der Waals surface area contributed by atoms with Crippen LogP contribution in [0.4, 0.5) is 0 Å². The smallest absolute Gasteiger partial charge is 0.151 e. The molecule has 1 N–H and O–H groups in total. The Balaban J connectivity index is 2.24. The molecule has 0 aliphatic rings. The molecule has 0 aliphatic carbocycles. The number of rotatable bonds is 7. The highest BCUT2D eigenvalue weighted by Crippen LogP contribution is 2.26. The first-order valence-electron chi connectivity index (χ1n) is 6.79. The fraction of sp³-hybridized carbons (Fsp3) is 0.294. The molecule has 3 heteroatoms. The summed E-state index contributed by atoms with van der Waals surface area (Å²) in [5.41, 5.74) is 1.11. The van der Waals surface area contributed by atoms with Crippen molar-refractivity contribution in [2.24, 2.45) is 0 Å². The van der Waals surface area contributed by atoms with Crippen LogP contribution in [-0.4, -0.2) is 26.8 Å². The van der Waals surface area contributed by atoms with Crippen molar-refractivity contribution in [1.29, 1.82) is 0 Å². The Morgan fingerprint density at radius 2 is 1.55 bits per heavy atom. The molecule has 0 fully saturated rings. The Hall–Kier alpha value is -1.84. The quantitative estimate of drug-likeness (QED) is 0.839. The van der Waals surface area contributed by atoms with Gasteiger partial charge < -0.3 is 14.8 Å². The minimum absolute atomic E-state index is 0.0531. The van der Waals surface area contributed by atoms with Crippen LogP contribution in [0.25, 0.3) is 0 Å². The lowest BCUT2D eigenvalue weighted by molar-refractivity contribution is 0.00259. The van der Waals surface area contributed by atoms with E-state index in [9.17, 15) is 0 Å². The van der Waals surface area contributed by atoms with Gasteiger partial charge in [0.1, 0.15) is 11.9 Å². The van der Waals surface area contributed by atoms with Crippen molar-refractivity contribution < 1.29 is 9.47 Å². The minimum Gasteiger partial charge on any atom is -0.483 e. The van der Waals surface area contributed by atoms with E-state index in [1.54, 1.807) is 7.11 Å². The summed E-state index contributed by atoms with van der Waals surface area (Å²) >= 11 is 0. The van der Waals surface area contributed by atoms with Crippen LogP contribution >= 0.6 is 0 Å². The van der Waals surface area contributed by atoms with Crippen molar-refractivity contribution in [3.8, 4) is 5.75 Å². The fourth-order valence-electron chi connectivity index (χ4n) is 2.16. The predicted octanol–water partition coefficient (Wildman–Crippen LogP) is 3.04. The third kappa shape index (κ3) is 3.83. The lowest BCUT2D eigenvalue weighted by atomic mass is 10.0. The second kappa shape index (κ2) is 7.68. The molecule has 106 valence electrons. The second-order valence-corrected chi connectivity index (χ2v) is 4.59. The maximum Gasteiger partial charge on any atom is 0.151 e. The standard InChI is InChI=1S/C17H21NO2/c1-18-13-16(19-2)17(14-9-5-3-6-10-14)20-15-11-7-4-8-12-15/h3-12,16-18H,13H2,1-2H3. The molecule has 20 heavy (non-hydrogen) atoms. The highest BCUT2D eigenvalue weighted by atomic mass is 16.5. The van der Waals surface area contributed by atoms with E-state index in [0.29, 0.717) is 0 Å². The van der Waals surface area contributed by atoms with E-state index in [1.165, 1.54) is 0 Å². The average molecular weight is 271 g/mol. The van der Waals surface area contributed by atoms with Crippen molar-refractivity contribution in [2.75, 3.05) is 20.7 Å². The monoisotopic (exact) mass is 271 g/mol. The predicted molar refractivity (Wildman–Crippen MR) is 81.0 cm³/mol. The molecular formula is C17H21NO2. The van der Waals surface area contributed by atoms with Gasteiger partial charge in [0.2, 0.25) is 0 Å². The Bertz CT molecular complexity index is 487. The molecule has 2 rings (SSSR count). The number of hydrogen-bond acceptors (Lipinski definition) is 3. The number of nitrogens with one attached hydrogen (secondary N) is 1. The first-order valence-corrected chi connectivity index (χ1v) is 6.79. The zero-order chi connectivity index (χ0) is 14.2. The lowest BCUT2D eigenvalue weighted by Gasteiger charge is -2.27. The van der Waals surface area contributed by atoms with Crippen LogP contribution in [-0.2, 0) is 4.74 Å². The van der Waals surface area contributed by atoms with Gasteiger partial charge in [0.25, 0.3) is 0 Å². The second-order valence-electron chi connectivity index (χ2n) is 4.59. The van der Waals surface area contributed by atoms with E-state index in [1.807, 2.05) is 55.6 Å². The summed E-state index contributed by atoms with van der Waals surface area (Å²) in [7, 11) is 3.63. The van der Waals surface area contributed by atoms with Crippen LogP contribution in [0.2, 0.25) is 0 Å². The van der Waals surface area contributed by atoms with Crippen molar-refractivity contribution in [3.05, 3.63) is 66.2 Å². The third-order valence-corrected chi connectivity index (χ3v) is 3.18. The van der Waals surface area contributed by atoms with E-state index < -0.39 is 0 Å². The molecule has 0 spiro atoms. The Morgan fingerprint density at radius 3 is 2.10 bits per heavy atom. The molecule has 0 aromatic heterocycles. The molecule has 0 bridgehead atoms. The average Bonchev–Trinajstić information content (AvgIpc) is 2.52. The minimum atomic E-state index is -0.143. The van der Waals surface area contributed by atoms with Gasteiger partial charge in [0.15, 0.2) is 6.10 Å². The molecule has 0 heterocycles. The number of methoxy groups -OCH3 is 1. The van der Waals surface area contributed by atoms with Crippen LogP contribution < -0.4 is 10.1 Å². The van der Waals surface area contributed by atoms with Crippen molar-refractivity contribution in [1.82, 2.24) is 5.32 Å². The van der Waals surface area contributed by atoms with Gasteiger partial charge in [0, 0.05) is 13.7 Å². The molecule has 0 aliphatic heterocycles. The summed E-state index contributed by atoms with van der Waals surface area (Å²) in [5.74, 6) is 0.847. The number of para-hydroxylation sites is 1. The summed E-state index contributed by atoms with van der Waals surface area (Å²) in [4.78, 5) is 0. The van der Waals surface area contributed by atoms with E-state index in [-0.39, 0.29) is 12.2 Å². The molecule has 2 unspecified atom stereocenters. The normalized spacial score (nSPS) is 13.7. The molecule has 2 atom stereocenters. The summed E-state index contributed by atoms with van der Waals surface area (Å²) in [6.45, 7) is 0.725. The van der Waals surface area contributed by atoms with Crippen molar-refractivity contribution >= 4 is 0 Å². The van der Waals surface area contributed by atoms with E-state index in [0.717, 1.165) is 17.9 Å². The van der Waals surface area contributed by atoms with Gasteiger partial charge in [-0.05, 0) is 24.7 Å². The summed E-state index contributed by atoms with van der Waals surface area (Å²) in [6.07, 6.45) is -0.196. The zero-order valence-electron chi connectivity index (χ0n) is 12.0. The summed E-state index contributed by atoms with van der Waals surface area (Å²) in [5, 5.41) is 3.15. The Labute approximate surface area is 120 Å². The molecule has 0 radical (unpaired) electrons. The highest BCUT2D eigenvalue weighted by molar-refractivity contribution is 5.25. The van der Waals surface area contributed by atoms with Gasteiger partial charge in [0.05, 0.1) is 0 Å². The molecular weight excluding hydrogens is 250 g/mol. The molecule has 3 nitrogen and oxygen atoms in total. The van der Waals surface area contributed by atoms with Crippen molar-refractivity contribution in [3.63, 3.8) is 0 Å². The van der Waals surface area contributed by atoms with Crippen LogP contribution in [0.15, 0.2) is 60.7 Å². The Morgan fingerprint density at radius 1 is 0.950 bits per heavy atom. The van der Waals surface area contributed by atoms with Gasteiger partial charge in [-0.25, -0.2) is 0 Å². The largest absolute Gasteiger partial charge is 0.483 e. The van der Waals surface area contributed by atoms with Crippen LogP contribution in [0, 0.1) is 0 Å². The number of ether oxygens (including phenoxy) is 2. The van der Waals surface area contributed by atoms with Crippen LogP contribution in [0.3, 0.4) is 0 Å². The highest BCUT2D eigenvalue weighted by Gasteiger charge is 2.24. The molecule has 0 amide bonds. The number of likely N-dealkylation sites (N-methyl/N-ethyl adjacent to an activating group) is 1. The SMILES string of the molecule is CNCC(OC)C(Oc1ccccc1)c1ccccc1. The summed E-state index contributed by atoms with van der Waals surface area (Å²) in [6, 6.07) is 20.0. The molecule has 2 aromatic rings. The molecule has 0 saturated carbocycles. The number of hydrogen-bond donors (Lipinski definition) is 1. The topological polar surface area (TPSA) is 30.5 Å². The van der Waals surface area contributed by atoms with Gasteiger partial charge in [-0.3, -0.25) is 0 Å². The Kier molecular flexibility index (Phi) is 5.59. The van der Waals surface area contributed by atoms with Gasteiger partial charge >= 0.3 is 0 Å². The fourth-order valence-corrected chi connectivity index (χ4v) is 2.16. The third-order valence-electron chi connectivity index (χ3n) is 3.18. The van der Waals surface area contributed by atoms with Crippen LogP contribution in [0.1, 0.15) is 11.7 Å². The van der Waals surface area contributed by atoms with Crippen molar-refractivity contribution in [2.45, 2.75) is 12.2 Å². The lowest BCUT2D eigenvalue weighted by Crippen LogP contribution is -2.34. The van der Waals surface area contributed by atoms with Gasteiger partial charge in [-0.15, -0.1) is 0 Å². The maximum absolute atomic E-state index is 6.14. The number of benzene rings is 2. The molecule has 2 aromatic carbocycles. The van der Waals surface area contributed by atoms with Gasteiger partial charge in [-0.2, -0.15) is 0 Å². The zero-order valence-corrected chi connectivity index (χ0v) is 12.0. The van der Waals surface area contributed by atoms with E-state index >= 15 is 0 Å². The maximum atomic E-state index is 6.14.